The molecule has 2 aromatic heterocycles. The number of alkyl halides is 3. The molecule has 0 unspecified atom stereocenters. The van der Waals surface area contributed by atoms with Gasteiger partial charge in [0.25, 0.3) is 0 Å². The summed E-state index contributed by atoms with van der Waals surface area (Å²) in [7, 11) is 1.68. The lowest BCUT2D eigenvalue weighted by molar-refractivity contribution is -0.137. The Kier molecular flexibility index (Phi) is 3.65. The van der Waals surface area contributed by atoms with Crippen molar-refractivity contribution >= 4 is 5.82 Å². The lowest BCUT2D eigenvalue weighted by Crippen LogP contribution is -2.08. The molecule has 0 fully saturated rings. The van der Waals surface area contributed by atoms with Crippen molar-refractivity contribution in [3.05, 3.63) is 29.8 Å². The molecule has 0 atom stereocenters. The Labute approximate surface area is 113 Å². The van der Waals surface area contributed by atoms with Crippen LogP contribution in [0.1, 0.15) is 31.2 Å². The van der Waals surface area contributed by atoms with Crippen LogP contribution in [0.25, 0.3) is 5.82 Å². The molecule has 2 heterocycles. The van der Waals surface area contributed by atoms with Gasteiger partial charge in [0, 0.05) is 25.2 Å². The molecule has 0 aliphatic carbocycles. The number of hydrogen-bond donors (Lipinski definition) is 1. The van der Waals surface area contributed by atoms with E-state index in [1.165, 1.54) is 0 Å². The van der Waals surface area contributed by atoms with Crippen LogP contribution in [0.3, 0.4) is 0 Å². The number of halogens is 3. The molecule has 2 rings (SSSR count). The minimum absolute atomic E-state index is 0.0553. The maximum absolute atomic E-state index is 12.6. The minimum atomic E-state index is -4.42. The number of hydrogen-bond acceptors (Lipinski definition) is 4. The fourth-order valence-electron chi connectivity index (χ4n) is 1.55. The van der Waals surface area contributed by atoms with Gasteiger partial charge in [-0.15, -0.1) is 0 Å². The molecule has 0 saturated heterocycles. The van der Waals surface area contributed by atoms with Gasteiger partial charge in [-0.25, -0.2) is 14.6 Å². The first kappa shape index (κ1) is 14.3. The van der Waals surface area contributed by atoms with Crippen LogP contribution in [-0.4, -0.2) is 26.8 Å². The Bertz CT molecular complexity index is 603. The van der Waals surface area contributed by atoms with E-state index in [4.69, 9.17) is 0 Å². The summed E-state index contributed by atoms with van der Waals surface area (Å²) in [6, 6.07) is 1.54. The summed E-state index contributed by atoms with van der Waals surface area (Å²) in [6.45, 7) is 3.81. The number of nitrogens with zero attached hydrogens (tertiary/aromatic N) is 4. The molecule has 2 aromatic rings. The third-order valence-electron chi connectivity index (χ3n) is 2.65. The highest BCUT2D eigenvalue weighted by Crippen LogP contribution is 2.29. The molecular weight excluding hydrogens is 271 g/mol. The van der Waals surface area contributed by atoms with Crippen LogP contribution < -0.4 is 5.32 Å². The highest BCUT2D eigenvalue weighted by molar-refractivity contribution is 5.41. The SMILES string of the molecule is CNc1cc(-n2cc(C(F)(F)F)cn2)nc(C(C)C)n1. The quantitative estimate of drug-likeness (QED) is 0.942. The molecule has 20 heavy (non-hydrogen) atoms. The molecule has 0 amide bonds. The second-order valence-corrected chi connectivity index (χ2v) is 4.55. The lowest BCUT2D eigenvalue weighted by Gasteiger charge is -2.09. The summed E-state index contributed by atoms with van der Waals surface area (Å²) in [5.41, 5.74) is -0.812. The van der Waals surface area contributed by atoms with Crippen molar-refractivity contribution in [1.29, 1.82) is 0 Å². The third kappa shape index (κ3) is 2.89. The average Bonchev–Trinajstić information content (AvgIpc) is 2.87. The molecule has 0 spiro atoms. The molecule has 1 N–H and O–H groups in total. The Morgan fingerprint density at radius 2 is 1.95 bits per heavy atom. The first-order valence-electron chi connectivity index (χ1n) is 6.00. The minimum Gasteiger partial charge on any atom is -0.373 e. The number of aromatic nitrogens is 4. The van der Waals surface area contributed by atoms with Crippen molar-refractivity contribution in [2.24, 2.45) is 0 Å². The van der Waals surface area contributed by atoms with Crippen molar-refractivity contribution in [2.45, 2.75) is 25.9 Å². The van der Waals surface area contributed by atoms with Gasteiger partial charge >= 0.3 is 6.18 Å². The second kappa shape index (κ2) is 5.10. The van der Waals surface area contributed by atoms with Gasteiger partial charge in [0.05, 0.1) is 11.8 Å². The van der Waals surface area contributed by atoms with Gasteiger partial charge in [-0.1, -0.05) is 13.8 Å². The van der Waals surface area contributed by atoms with Gasteiger partial charge in [-0.3, -0.25) is 0 Å². The van der Waals surface area contributed by atoms with E-state index in [1.807, 2.05) is 13.8 Å². The predicted molar refractivity (Wildman–Crippen MR) is 67.8 cm³/mol. The first-order valence-corrected chi connectivity index (χ1v) is 6.00. The van der Waals surface area contributed by atoms with Gasteiger partial charge < -0.3 is 5.32 Å². The Hall–Kier alpha value is -2.12. The lowest BCUT2D eigenvalue weighted by atomic mass is 10.2. The summed E-state index contributed by atoms with van der Waals surface area (Å²) in [4.78, 5) is 8.48. The molecule has 108 valence electrons. The van der Waals surface area contributed by atoms with E-state index in [0.717, 1.165) is 17.1 Å². The zero-order valence-electron chi connectivity index (χ0n) is 11.2. The van der Waals surface area contributed by atoms with E-state index < -0.39 is 11.7 Å². The smallest absolute Gasteiger partial charge is 0.373 e. The van der Waals surface area contributed by atoms with Crippen LogP contribution in [0, 0.1) is 0 Å². The van der Waals surface area contributed by atoms with Gasteiger partial charge in [0.15, 0.2) is 5.82 Å². The summed E-state index contributed by atoms with van der Waals surface area (Å²) >= 11 is 0. The Morgan fingerprint density at radius 3 is 2.45 bits per heavy atom. The molecule has 0 aliphatic heterocycles. The normalized spacial score (nSPS) is 11.9. The van der Waals surface area contributed by atoms with Crippen molar-refractivity contribution in [3.63, 3.8) is 0 Å². The van der Waals surface area contributed by atoms with Gasteiger partial charge in [0.2, 0.25) is 0 Å². The average molecular weight is 285 g/mol. The number of rotatable bonds is 3. The monoisotopic (exact) mass is 285 g/mol. The molecule has 0 radical (unpaired) electrons. The number of nitrogens with one attached hydrogen (secondary N) is 1. The maximum atomic E-state index is 12.6. The third-order valence-corrected chi connectivity index (χ3v) is 2.65. The van der Waals surface area contributed by atoms with Crippen molar-refractivity contribution in [1.82, 2.24) is 19.7 Å². The molecule has 0 aromatic carbocycles. The van der Waals surface area contributed by atoms with Gasteiger partial charge in [-0.05, 0) is 0 Å². The molecule has 8 heteroatoms. The van der Waals surface area contributed by atoms with E-state index in [-0.39, 0.29) is 5.92 Å². The standard InChI is InChI=1S/C12H14F3N5/c1-7(2)11-18-9(16-3)4-10(19-11)20-6-8(5-17-20)12(13,14)15/h4-7H,1-3H3,(H,16,18,19). The summed E-state index contributed by atoms with van der Waals surface area (Å²) in [5, 5.41) is 6.56. The van der Waals surface area contributed by atoms with Crippen molar-refractivity contribution < 1.29 is 13.2 Å². The summed E-state index contributed by atoms with van der Waals surface area (Å²) < 4.78 is 38.8. The number of anilines is 1. The first-order chi connectivity index (χ1) is 9.31. The van der Waals surface area contributed by atoms with Crippen molar-refractivity contribution in [3.8, 4) is 5.82 Å². The predicted octanol–water partition coefficient (Wildman–Crippen LogP) is 2.85. The van der Waals surface area contributed by atoms with Crippen molar-refractivity contribution in [2.75, 3.05) is 12.4 Å². The van der Waals surface area contributed by atoms with E-state index in [2.05, 4.69) is 20.4 Å². The molecule has 0 aliphatic rings. The fraction of sp³-hybridized carbons (Fsp3) is 0.417. The Balaban J connectivity index is 2.46. The van der Waals surface area contributed by atoms with Gasteiger partial charge in [-0.2, -0.15) is 18.3 Å². The molecular formula is C12H14F3N5. The van der Waals surface area contributed by atoms with Crippen LogP contribution in [0.5, 0.6) is 0 Å². The van der Waals surface area contributed by atoms with E-state index in [0.29, 0.717) is 17.5 Å². The fourth-order valence-corrected chi connectivity index (χ4v) is 1.55. The van der Waals surface area contributed by atoms with Crippen LogP contribution in [0.2, 0.25) is 0 Å². The van der Waals surface area contributed by atoms with Crippen LogP contribution in [0.4, 0.5) is 19.0 Å². The second-order valence-electron chi connectivity index (χ2n) is 4.55. The van der Waals surface area contributed by atoms with E-state index >= 15 is 0 Å². The summed E-state index contributed by atoms with van der Waals surface area (Å²) in [6.07, 6.45) is -2.74. The maximum Gasteiger partial charge on any atom is 0.419 e. The zero-order chi connectivity index (χ0) is 14.9. The van der Waals surface area contributed by atoms with Crippen LogP contribution in [-0.2, 0) is 6.18 Å². The van der Waals surface area contributed by atoms with E-state index in [9.17, 15) is 13.2 Å². The topological polar surface area (TPSA) is 55.6 Å². The van der Waals surface area contributed by atoms with Crippen LogP contribution in [0.15, 0.2) is 18.5 Å². The Morgan fingerprint density at radius 1 is 1.25 bits per heavy atom. The van der Waals surface area contributed by atoms with E-state index in [1.54, 1.807) is 13.1 Å². The van der Waals surface area contributed by atoms with Crippen LogP contribution >= 0.6 is 0 Å². The largest absolute Gasteiger partial charge is 0.419 e. The molecule has 5 nitrogen and oxygen atoms in total. The highest BCUT2D eigenvalue weighted by atomic mass is 19.4. The molecule has 0 saturated carbocycles. The highest BCUT2D eigenvalue weighted by Gasteiger charge is 2.32. The zero-order valence-corrected chi connectivity index (χ0v) is 11.2. The summed E-state index contributed by atoms with van der Waals surface area (Å²) in [5.74, 6) is 1.42. The molecule has 0 bridgehead atoms. The van der Waals surface area contributed by atoms with Gasteiger partial charge in [0.1, 0.15) is 11.6 Å².